The maximum atomic E-state index is 5.77. The van der Waals surface area contributed by atoms with Crippen LogP contribution in [-0.4, -0.2) is 27.2 Å². The highest BCUT2D eigenvalue weighted by Gasteiger charge is 2.08. The second-order valence-corrected chi connectivity index (χ2v) is 5.46. The van der Waals surface area contributed by atoms with Gasteiger partial charge >= 0.3 is 0 Å². The number of hydrogen-bond donors (Lipinski definition) is 2. The first-order valence-electron chi connectivity index (χ1n) is 6.44. The van der Waals surface area contributed by atoms with Gasteiger partial charge in [0.25, 0.3) is 0 Å². The summed E-state index contributed by atoms with van der Waals surface area (Å²) in [4.78, 5) is 13.0. The van der Waals surface area contributed by atoms with Crippen molar-refractivity contribution in [1.29, 1.82) is 0 Å². The minimum absolute atomic E-state index is 0.216. The summed E-state index contributed by atoms with van der Waals surface area (Å²) >= 11 is 1.48. The van der Waals surface area contributed by atoms with Crippen molar-refractivity contribution in [3.63, 3.8) is 0 Å². The quantitative estimate of drug-likeness (QED) is 0.650. The normalized spacial score (nSPS) is 12.2. The lowest BCUT2D eigenvalue weighted by molar-refractivity contribution is 0.758. The molecule has 0 fully saturated rings. The van der Waals surface area contributed by atoms with Crippen LogP contribution >= 0.6 is 11.8 Å². The van der Waals surface area contributed by atoms with Crippen LogP contribution in [0.25, 0.3) is 0 Å². The third-order valence-electron chi connectivity index (χ3n) is 2.76. The molecule has 2 aromatic heterocycles. The van der Waals surface area contributed by atoms with Crippen LogP contribution in [0.5, 0.6) is 0 Å². The molecule has 0 aliphatic carbocycles. The van der Waals surface area contributed by atoms with E-state index in [0.29, 0.717) is 11.0 Å². The van der Waals surface area contributed by atoms with Gasteiger partial charge in [0, 0.05) is 29.9 Å². The molecule has 0 spiro atoms. The molecule has 1 unspecified atom stereocenters. The first-order valence-corrected chi connectivity index (χ1v) is 7.67. The number of nitrogens with one attached hydrogen (secondary N) is 1. The van der Waals surface area contributed by atoms with Crippen LogP contribution in [0.15, 0.2) is 29.4 Å². The van der Waals surface area contributed by atoms with E-state index in [9.17, 15) is 0 Å². The second-order valence-electron chi connectivity index (χ2n) is 4.68. The van der Waals surface area contributed by atoms with Gasteiger partial charge < -0.3 is 11.1 Å². The van der Waals surface area contributed by atoms with E-state index in [1.54, 1.807) is 6.07 Å². The van der Waals surface area contributed by atoms with E-state index in [0.717, 1.165) is 23.6 Å². The lowest BCUT2D eigenvalue weighted by Gasteiger charge is -2.15. The van der Waals surface area contributed by atoms with Gasteiger partial charge in [0.15, 0.2) is 5.16 Å². The fourth-order valence-electron chi connectivity index (χ4n) is 1.94. The molecule has 0 saturated heterocycles. The van der Waals surface area contributed by atoms with Crippen LogP contribution < -0.4 is 11.1 Å². The Bertz CT molecular complexity index is 588. The summed E-state index contributed by atoms with van der Waals surface area (Å²) in [6.07, 6.45) is 2.76. The Morgan fingerprint density at radius 1 is 1.30 bits per heavy atom. The van der Waals surface area contributed by atoms with E-state index in [4.69, 9.17) is 5.73 Å². The zero-order valence-corrected chi connectivity index (χ0v) is 12.7. The van der Waals surface area contributed by atoms with Crippen LogP contribution in [0.3, 0.4) is 0 Å². The van der Waals surface area contributed by atoms with E-state index in [1.807, 2.05) is 31.4 Å². The zero-order chi connectivity index (χ0) is 14.5. The highest BCUT2D eigenvalue weighted by atomic mass is 32.2. The summed E-state index contributed by atoms with van der Waals surface area (Å²) in [5, 5.41) is 4.02. The molecule has 2 rings (SSSR count). The summed E-state index contributed by atoms with van der Waals surface area (Å²) in [6.45, 7) is 4.10. The number of hydrogen-bond acceptors (Lipinski definition) is 6. The molecular weight excluding hydrogens is 270 g/mol. The number of aromatic nitrogens is 3. The third-order valence-corrected chi connectivity index (χ3v) is 3.31. The lowest BCUT2D eigenvalue weighted by Crippen LogP contribution is -2.20. The molecule has 0 amide bonds. The van der Waals surface area contributed by atoms with E-state index >= 15 is 0 Å². The van der Waals surface area contributed by atoms with Gasteiger partial charge in [-0.05, 0) is 32.2 Å². The van der Waals surface area contributed by atoms with Crippen molar-refractivity contribution >= 4 is 23.4 Å². The molecule has 0 aliphatic heterocycles. The average Bonchev–Trinajstić information content (AvgIpc) is 2.37. The highest BCUT2D eigenvalue weighted by Crippen LogP contribution is 2.16. The molecule has 20 heavy (non-hydrogen) atoms. The van der Waals surface area contributed by atoms with Crippen LogP contribution in [0.2, 0.25) is 0 Å². The topological polar surface area (TPSA) is 76.7 Å². The predicted octanol–water partition coefficient (Wildman–Crippen LogP) is 2.53. The van der Waals surface area contributed by atoms with E-state index in [-0.39, 0.29) is 6.04 Å². The lowest BCUT2D eigenvalue weighted by atomic mass is 10.1. The van der Waals surface area contributed by atoms with E-state index < -0.39 is 0 Å². The summed E-state index contributed by atoms with van der Waals surface area (Å²) < 4.78 is 0. The number of nitrogens with two attached hydrogens (primary N) is 1. The molecule has 0 bridgehead atoms. The minimum atomic E-state index is 0.216. The summed E-state index contributed by atoms with van der Waals surface area (Å²) in [7, 11) is 0. The summed E-state index contributed by atoms with van der Waals surface area (Å²) in [5.41, 5.74) is 7.87. The molecule has 2 aromatic rings. The Morgan fingerprint density at radius 3 is 2.80 bits per heavy atom. The zero-order valence-electron chi connectivity index (χ0n) is 11.9. The van der Waals surface area contributed by atoms with Gasteiger partial charge in [-0.3, -0.25) is 4.98 Å². The molecule has 3 N–H and O–H groups in total. The number of anilines is 2. The molecule has 0 saturated carbocycles. The molecule has 0 radical (unpaired) electrons. The maximum absolute atomic E-state index is 5.77. The van der Waals surface area contributed by atoms with Crippen LogP contribution in [0, 0.1) is 6.92 Å². The summed E-state index contributed by atoms with van der Waals surface area (Å²) in [6, 6.07) is 8.02. The van der Waals surface area contributed by atoms with Gasteiger partial charge in [0.2, 0.25) is 0 Å². The van der Waals surface area contributed by atoms with Gasteiger partial charge in [0.05, 0.1) is 0 Å². The van der Waals surface area contributed by atoms with E-state index in [2.05, 4.69) is 27.2 Å². The van der Waals surface area contributed by atoms with Crippen molar-refractivity contribution < 1.29 is 0 Å². The number of nitrogen functional groups attached to an aromatic ring is 1. The standard InChI is InChI=1S/C14H19N5S/c1-9-5-4-6-11(16-9)7-10(2)17-13-8-12(15)18-14(19-13)20-3/h4-6,8,10H,7H2,1-3H3,(H3,15,17,18,19). The monoisotopic (exact) mass is 289 g/mol. The van der Waals surface area contributed by atoms with Gasteiger partial charge in [-0.1, -0.05) is 17.8 Å². The Labute approximate surface area is 123 Å². The Morgan fingerprint density at radius 2 is 2.10 bits per heavy atom. The molecule has 6 heteroatoms. The fraction of sp³-hybridized carbons (Fsp3) is 0.357. The second kappa shape index (κ2) is 6.56. The van der Waals surface area contributed by atoms with Crippen LogP contribution in [-0.2, 0) is 6.42 Å². The highest BCUT2D eigenvalue weighted by molar-refractivity contribution is 7.98. The van der Waals surface area contributed by atoms with E-state index in [1.165, 1.54) is 11.8 Å². The number of aryl methyl sites for hydroxylation is 1. The van der Waals surface area contributed by atoms with Crippen molar-refractivity contribution in [2.24, 2.45) is 0 Å². The number of thioether (sulfide) groups is 1. The van der Waals surface area contributed by atoms with Crippen molar-refractivity contribution in [3.05, 3.63) is 35.7 Å². The van der Waals surface area contributed by atoms with Gasteiger partial charge in [-0.25, -0.2) is 9.97 Å². The van der Waals surface area contributed by atoms with Gasteiger partial charge in [0.1, 0.15) is 11.6 Å². The van der Waals surface area contributed by atoms with Crippen LogP contribution in [0.4, 0.5) is 11.6 Å². The smallest absolute Gasteiger partial charge is 0.191 e. The SMILES string of the molecule is CSc1nc(N)cc(NC(C)Cc2cccc(C)n2)n1. The number of nitrogens with zero attached hydrogens (tertiary/aromatic N) is 3. The fourth-order valence-corrected chi connectivity index (χ4v) is 2.33. The van der Waals surface area contributed by atoms with Crippen molar-refractivity contribution in [2.75, 3.05) is 17.3 Å². The first-order chi connectivity index (χ1) is 9.56. The Kier molecular flexibility index (Phi) is 4.79. The minimum Gasteiger partial charge on any atom is -0.383 e. The predicted molar refractivity (Wildman–Crippen MR) is 84.0 cm³/mol. The van der Waals surface area contributed by atoms with Crippen molar-refractivity contribution in [3.8, 4) is 0 Å². The van der Waals surface area contributed by atoms with Crippen molar-refractivity contribution in [2.45, 2.75) is 31.5 Å². The maximum Gasteiger partial charge on any atom is 0.191 e. The summed E-state index contributed by atoms with van der Waals surface area (Å²) in [5.74, 6) is 1.23. The molecule has 1 atom stereocenters. The third kappa shape index (κ3) is 4.09. The molecular formula is C14H19N5S. The molecule has 106 valence electrons. The Balaban J connectivity index is 2.04. The Hall–Kier alpha value is -1.82. The first kappa shape index (κ1) is 14.6. The number of pyridine rings is 1. The molecule has 2 heterocycles. The average molecular weight is 289 g/mol. The van der Waals surface area contributed by atoms with Crippen LogP contribution in [0.1, 0.15) is 18.3 Å². The number of rotatable bonds is 5. The largest absolute Gasteiger partial charge is 0.383 e. The molecule has 5 nitrogen and oxygen atoms in total. The van der Waals surface area contributed by atoms with Gasteiger partial charge in [-0.15, -0.1) is 0 Å². The molecule has 0 aliphatic rings. The van der Waals surface area contributed by atoms with Crippen molar-refractivity contribution in [1.82, 2.24) is 15.0 Å². The van der Waals surface area contributed by atoms with Gasteiger partial charge in [-0.2, -0.15) is 0 Å². The molecule has 0 aromatic carbocycles.